The summed E-state index contributed by atoms with van der Waals surface area (Å²) in [5.74, 6) is 0. The predicted molar refractivity (Wildman–Crippen MR) is 88.7 cm³/mol. The Balaban J connectivity index is 2.00. The van der Waals surface area contributed by atoms with E-state index in [-0.39, 0.29) is 0 Å². The minimum atomic E-state index is 0.449. The number of rotatable bonds is 5. The molecule has 0 saturated heterocycles. The first-order valence-electron chi connectivity index (χ1n) is 6.33. The normalized spacial score (nSPS) is 12.4. The Kier molecular flexibility index (Phi) is 5.10. The summed E-state index contributed by atoms with van der Waals surface area (Å²) < 4.78 is 3.13. The second-order valence-electron chi connectivity index (χ2n) is 4.52. The maximum Gasteiger partial charge on any atom is 0.0815 e. The molecule has 0 amide bonds. The van der Waals surface area contributed by atoms with E-state index in [1.807, 2.05) is 29.1 Å². The molecule has 3 nitrogen and oxygen atoms in total. The number of anilines is 1. The summed E-state index contributed by atoms with van der Waals surface area (Å²) in [6.45, 7) is 5.06. The van der Waals surface area contributed by atoms with Gasteiger partial charge in [0.25, 0.3) is 0 Å². The van der Waals surface area contributed by atoms with Crippen LogP contribution in [0.25, 0.3) is 0 Å². The Hall–Kier alpha value is -0.750. The van der Waals surface area contributed by atoms with Gasteiger partial charge in [0.15, 0.2) is 0 Å². The third-order valence-corrected chi connectivity index (χ3v) is 4.22. The highest BCUT2D eigenvalue weighted by atomic mass is 127. The average Bonchev–Trinajstić information content (AvgIpc) is 2.85. The number of hydrogen-bond donors (Lipinski definition) is 1. The Morgan fingerprint density at radius 3 is 2.89 bits per heavy atom. The van der Waals surface area contributed by atoms with Crippen LogP contribution in [0.4, 0.5) is 5.69 Å². The van der Waals surface area contributed by atoms with Gasteiger partial charge in [0, 0.05) is 26.5 Å². The third-order valence-electron chi connectivity index (χ3n) is 3.10. The van der Waals surface area contributed by atoms with Gasteiger partial charge >= 0.3 is 0 Å². The molecule has 0 saturated carbocycles. The Labute approximate surface area is 132 Å². The highest BCUT2D eigenvalue weighted by Gasteiger charge is 2.05. The standard InChI is InChI=1S/C14H17ClIN3/c1-3-10(2)19-7-6-12(18-19)9-17-14-5-4-11(15)8-13(14)16/h4-8,10,17H,3,9H2,1-2H3. The highest BCUT2D eigenvalue weighted by molar-refractivity contribution is 14.1. The zero-order chi connectivity index (χ0) is 13.8. The van der Waals surface area contributed by atoms with Crippen molar-refractivity contribution in [2.45, 2.75) is 32.9 Å². The quantitative estimate of drug-likeness (QED) is 0.750. The van der Waals surface area contributed by atoms with Crippen molar-refractivity contribution in [3.63, 3.8) is 0 Å². The summed E-state index contributed by atoms with van der Waals surface area (Å²) in [6, 6.07) is 8.34. The minimum absolute atomic E-state index is 0.449. The fourth-order valence-corrected chi connectivity index (χ4v) is 2.79. The van der Waals surface area contributed by atoms with Crippen LogP contribution < -0.4 is 5.32 Å². The third kappa shape index (κ3) is 3.86. The van der Waals surface area contributed by atoms with Crippen molar-refractivity contribution in [1.82, 2.24) is 9.78 Å². The van der Waals surface area contributed by atoms with Crippen LogP contribution in [0.15, 0.2) is 30.5 Å². The molecule has 1 N–H and O–H groups in total. The van der Waals surface area contributed by atoms with Crippen molar-refractivity contribution in [3.05, 3.63) is 44.7 Å². The maximum atomic E-state index is 5.94. The van der Waals surface area contributed by atoms with Crippen LogP contribution in [-0.4, -0.2) is 9.78 Å². The van der Waals surface area contributed by atoms with E-state index in [1.165, 1.54) is 0 Å². The van der Waals surface area contributed by atoms with Crippen molar-refractivity contribution >= 4 is 39.9 Å². The number of halogens is 2. The highest BCUT2D eigenvalue weighted by Crippen LogP contribution is 2.22. The lowest BCUT2D eigenvalue weighted by Crippen LogP contribution is -2.07. The Morgan fingerprint density at radius 2 is 2.21 bits per heavy atom. The van der Waals surface area contributed by atoms with Gasteiger partial charge in [-0.25, -0.2) is 0 Å². The molecule has 5 heteroatoms. The summed E-state index contributed by atoms with van der Waals surface area (Å²) in [5, 5.41) is 8.71. The second kappa shape index (κ2) is 6.61. The minimum Gasteiger partial charge on any atom is -0.378 e. The van der Waals surface area contributed by atoms with Crippen LogP contribution in [-0.2, 0) is 6.54 Å². The Bertz CT molecular complexity index is 553. The number of nitrogens with one attached hydrogen (secondary N) is 1. The molecule has 1 atom stereocenters. The maximum absolute atomic E-state index is 5.94. The van der Waals surface area contributed by atoms with E-state index in [2.05, 4.69) is 52.9 Å². The van der Waals surface area contributed by atoms with E-state index in [1.54, 1.807) is 0 Å². The lowest BCUT2D eigenvalue weighted by molar-refractivity contribution is 0.474. The molecule has 0 radical (unpaired) electrons. The summed E-state index contributed by atoms with van der Waals surface area (Å²) in [7, 11) is 0. The number of nitrogens with zero attached hydrogens (tertiary/aromatic N) is 2. The molecule has 1 heterocycles. The summed E-state index contributed by atoms with van der Waals surface area (Å²) in [4.78, 5) is 0. The first-order valence-corrected chi connectivity index (χ1v) is 7.78. The van der Waals surface area contributed by atoms with Gasteiger partial charge < -0.3 is 5.32 Å². The van der Waals surface area contributed by atoms with E-state index >= 15 is 0 Å². The molecule has 102 valence electrons. The molecule has 0 aliphatic heterocycles. The molecule has 2 aromatic rings. The number of hydrogen-bond acceptors (Lipinski definition) is 2. The Morgan fingerprint density at radius 1 is 1.42 bits per heavy atom. The van der Waals surface area contributed by atoms with Crippen LogP contribution in [0.1, 0.15) is 32.0 Å². The number of aromatic nitrogens is 2. The largest absolute Gasteiger partial charge is 0.378 e. The van der Waals surface area contributed by atoms with Gasteiger partial charge in [0.2, 0.25) is 0 Å². The smallest absolute Gasteiger partial charge is 0.0815 e. The molecule has 0 aliphatic carbocycles. The SMILES string of the molecule is CCC(C)n1ccc(CNc2ccc(Cl)cc2I)n1. The average molecular weight is 390 g/mol. The fourth-order valence-electron chi connectivity index (χ4n) is 1.72. The van der Waals surface area contributed by atoms with Gasteiger partial charge in [-0.2, -0.15) is 5.10 Å². The zero-order valence-corrected chi connectivity index (χ0v) is 13.9. The summed E-state index contributed by atoms with van der Waals surface area (Å²) in [5.41, 5.74) is 2.13. The molecule has 0 bridgehead atoms. The van der Waals surface area contributed by atoms with Gasteiger partial charge in [-0.05, 0) is 60.2 Å². The van der Waals surface area contributed by atoms with Gasteiger partial charge in [-0.15, -0.1) is 0 Å². The van der Waals surface area contributed by atoms with Gasteiger partial charge in [0.1, 0.15) is 0 Å². The van der Waals surface area contributed by atoms with Gasteiger partial charge in [0.05, 0.1) is 12.2 Å². The topological polar surface area (TPSA) is 29.9 Å². The zero-order valence-electron chi connectivity index (χ0n) is 11.0. The molecule has 0 spiro atoms. The molecule has 0 aliphatic rings. The molecule has 1 aromatic carbocycles. The van der Waals surface area contributed by atoms with Gasteiger partial charge in [-0.1, -0.05) is 18.5 Å². The monoisotopic (exact) mass is 389 g/mol. The summed E-state index contributed by atoms with van der Waals surface area (Å²) in [6.07, 6.45) is 3.13. The lowest BCUT2D eigenvalue weighted by Gasteiger charge is -2.09. The molecule has 19 heavy (non-hydrogen) atoms. The van der Waals surface area contributed by atoms with Crippen molar-refractivity contribution in [1.29, 1.82) is 0 Å². The molecule has 1 unspecified atom stereocenters. The molecular weight excluding hydrogens is 373 g/mol. The van der Waals surface area contributed by atoms with E-state index in [0.717, 1.165) is 32.9 Å². The predicted octanol–water partition coefficient (Wildman–Crippen LogP) is 4.72. The van der Waals surface area contributed by atoms with Crippen molar-refractivity contribution in [2.75, 3.05) is 5.32 Å². The molecular formula is C14H17ClIN3. The van der Waals surface area contributed by atoms with E-state index < -0.39 is 0 Å². The first-order chi connectivity index (χ1) is 9.10. The van der Waals surface area contributed by atoms with E-state index in [9.17, 15) is 0 Å². The molecule has 0 fully saturated rings. The van der Waals surface area contributed by atoms with Crippen molar-refractivity contribution in [3.8, 4) is 0 Å². The van der Waals surface area contributed by atoms with Crippen molar-refractivity contribution in [2.24, 2.45) is 0 Å². The first kappa shape index (κ1) is 14.7. The molecule has 2 rings (SSSR count). The van der Waals surface area contributed by atoms with E-state index in [0.29, 0.717) is 6.04 Å². The van der Waals surface area contributed by atoms with Crippen LogP contribution in [0.5, 0.6) is 0 Å². The van der Waals surface area contributed by atoms with Crippen LogP contribution in [0, 0.1) is 3.57 Å². The van der Waals surface area contributed by atoms with Crippen molar-refractivity contribution < 1.29 is 0 Å². The van der Waals surface area contributed by atoms with Gasteiger partial charge in [-0.3, -0.25) is 4.68 Å². The summed E-state index contributed by atoms with van der Waals surface area (Å²) >= 11 is 8.22. The van der Waals surface area contributed by atoms with Crippen LogP contribution in [0.2, 0.25) is 5.02 Å². The lowest BCUT2D eigenvalue weighted by atomic mass is 10.3. The second-order valence-corrected chi connectivity index (χ2v) is 6.12. The van der Waals surface area contributed by atoms with Crippen LogP contribution in [0.3, 0.4) is 0 Å². The number of benzene rings is 1. The fraction of sp³-hybridized carbons (Fsp3) is 0.357. The van der Waals surface area contributed by atoms with Crippen LogP contribution >= 0.6 is 34.2 Å². The molecule has 1 aromatic heterocycles. The van der Waals surface area contributed by atoms with E-state index in [4.69, 9.17) is 11.6 Å².